The molecule has 0 bridgehead atoms. The molecule has 0 atom stereocenters. The van der Waals surface area contributed by atoms with Gasteiger partial charge in [-0.25, -0.2) is 0 Å². The predicted octanol–water partition coefficient (Wildman–Crippen LogP) is 3.15. The molecule has 0 nitrogen and oxygen atoms in total. The lowest BCUT2D eigenvalue weighted by molar-refractivity contribution is 1.05. The van der Waals surface area contributed by atoms with Crippen LogP contribution >= 0.6 is 12.6 Å². The van der Waals surface area contributed by atoms with E-state index in [1.807, 2.05) is 0 Å². The Labute approximate surface area is 74.0 Å². The van der Waals surface area contributed by atoms with Crippen molar-refractivity contribution in [2.45, 2.75) is 32.1 Å². The highest BCUT2D eigenvalue weighted by molar-refractivity contribution is 7.80. The number of hydrogen-bond acceptors (Lipinski definition) is 1. The van der Waals surface area contributed by atoms with Crippen LogP contribution in [0.4, 0.5) is 0 Å². The lowest BCUT2D eigenvalue weighted by Crippen LogP contribution is -1.89. The van der Waals surface area contributed by atoms with Gasteiger partial charge in [0.1, 0.15) is 0 Å². The summed E-state index contributed by atoms with van der Waals surface area (Å²) in [5.74, 6) is 0. The highest BCUT2D eigenvalue weighted by Gasteiger charge is 2.01. The molecule has 0 aromatic heterocycles. The molecule has 0 radical (unpaired) electrons. The predicted molar refractivity (Wildman–Crippen MR) is 52.5 cm³/mol. The van der Waals surface area contributed by atoms with Crippen molar-refractivity contribution in [3.63, 3.8) is 0 Å². The van der Waals surface area contributed by atoms with Crippen LogP contribution in [0.25, 0.3) is 0 Å². The van der Waals surface area contributed by atoms with Crippen LogP contribution in [0.15, 0.2) is 17.0 Å². The van der Waals surface area contributed by atoms with Gasteiger partial charge in [-0.15, -0.1) is 12.6 Å². The molecule has 0 fully saturated rings. The Morgan fingerprint density at radius 3 is 2.45 bits per heavy atom. The third kappa shape index (κ3) is 1.59. The Hall–Kier alpha value is -0.430. The maximum Gasteiger partial charge on any atom is 0.0104 e. The number of benzene rings is 1. The van der Waals surface area contributed by atoms with E-state index < -0.39 is 0 Å². The van der Waals surface area contributed by atoms with Crippen LogP contribution in [0.1, 0.15) is 23.6 Å². The molecule has 0 aliphatic rings. The van der Waals surface area contributed by atoms with Gasteiger partial charge in [0.05, 0.1) is 0 Å². The Balaban J connectivity index is 3.25. The summed E-state index contributed by atoms with van der Waals surface area (Å²) in [6.45, 7) is 6.40. The SMILES string of the molecule is CCc1ccc(C)c(C)c1S. The molecule has 11 heavy (non-hydrogen) atoms. The molecule has 0 spiro atoms. The van der Waals surface area contributed by atoms with Crippen LogP contribution in [0.3, 0.4) is 0 Å². The quantitative estimate of drug-likeness (QED) is 0.609. The first-order valence-electron chi connectivity index (χ1n) is 3.94. The van der Waals surface area contributed by atoms with Crippen molar-refractivity contribution in [1.29, 1.82) is 0 Å². The molecule has 0 saturated heterocycles. The number of rotatable bonds is 1. The summed E-state index contributed by atoms with van der Waals surface area (Å²) in [5.41, 5.74) is 3.98. The molecule has 0 heterocycles. The third-order valence-corrected chi connectivity index (χ3v) is 2.79. The van der Waals surface area contributed by atoms with Crippen LogP contribution in [-0.2, 0) is 6.42 Å². The number of thiol groups is 1. The van der Waals surface area contributed by atoms with Gasteiger partial charge in [-0.1, -0.05) is 19.1 Å². The normalized spacial score (nSPS) is 10.2. The minimum absolute atomic E-state index is 1.07. The minimum atomic E-state index is 1.07. The molecular weight excluding hydrogens is 152 g/mol. The topological polar surface area (TPSA) is 0 Å². The summed E-state index contributed by atoms with van der Waals surface area (Å²) in [5, 5.41) is 0. The van der Waals surface area contributed by atoms with E-state index >= 15 is 0 Å². The fourth-order valence-corrected chi connectivity index (χ4v) is 1.55. The summed E-state index contributed by atoms with van der Waals surface area (Å²) < 4.78 is 0. The van der Waals surface area contributed by atoms with Gasteiger partial charge >= 0.3 is 0 Å². The molecule has 0 saturated carbocycles. The van der Waals surface area contributed by atoms with Crippen molar-refractivity contribution in [2.24, 2.45) is 0 Å². The van der Waals surface area contributed by atoms with Crippen molar-refractivity contribution in [2.75, 3.05) is 0 Å². The van der Waals surface area contributed by atoms with Crippen molar-refractivity contribution >= 4 is 12.6 Å². The molecule has 1 aromatic carbocycles. The van der Waals surface area contributed by atoms with Gasteiger partial charge in [0.15, 0.2) is 0 Å². The summed E-state index contributed by atoms with van der Waals surface area (Å²) in [6.07, 6.45) is 1.07. The van der Waals surface area contributed by atoms with E-state index in [-0.39, 0.29) is 0 Å². The molecule has 0 N–H and O–H groups in total. The van der Waals surface area contributed by atoms with E-state index in [2.05, 4.69) is 45.5 Å². The number of hydrogen-bond donors (Lipinski definition) is 1. The molecule has 60 valence electrons. The Bertz CT molecular complexity index is 264. The van der Waals surface area contributed by atoms with Crippen LogP contribution < -0.4 is 0 Å². The highest BCUT2D eigenvalue weighted by Crippen LogP contribution is 2.21. The van der Waals surface area contributed by atoms with Gasteiger partial charge in [0.2, 0.25) is 0 Å². The average molecular weight is 166 g/mol. The summed E-state index contributed by atoms with van der Waals surface area (Å²) >= 11 is 4.46. The van der Waals surface area contributed by atoms with Crippen molar-refractivity contribution in [3.8, 4) is 0 Å². The van der Waals surface area contributed by atoms with E-state index in [0.29, 0.717) is 0 Å². The fourth-order valence-electron chi connectivity index (χ4n) is 1.14. The molecule has 0 aliphatic heterocycles. The molecular formula is C10H14S. The zero-order valence-electron chi connectivity index (χ0n) is 7.31. The molecule has 1 heteroatoms. The zero-order chi connectivity index (χ0) is 8.43. The third-order valence-electron chi connectivity index (χ3n) is 2.17. The lowest BCUT2D eigenvalue weighted by atomic mass is 10.0. The summed E-state index contributed by atoms with van der Waals surface area (Å²) in [7, 11) is 0. The van der Waals surface area contributed by atoms with E-state index in [1.165, 1.54) is 16.7 Å². The maximum atomic E-state index is 4.46. The van der Waals surface area contributed by atoms with Crippen LogP contribution in [0.2, 0.25) is 0 Å². The first-order chi connectivity index (χ1) is 5.16. The molecule has 0 unspecified atom stereocenters. The Morgan fingerprint density at radius 2 is 1.91 bits per heavy atom. The second kappa shape index (κ2) is 3.31. The smallest absolute Gasteiger partial charge is 0.0104 e. The van der Waals surface area contributed by atoms with Crippen LogP contribution in [0, 0.1) is 13.8 Å². The highest BCUT2D eigenvalue weighted by atomic mass is 32.1. The zero-order valence-corrected chi connectivity index (χ0v) is 8.20. The van der Waals surface area contributed by atoms with Gasteiger partial charge in [-0.05, 0) is 37.0 Å². The van der Waals surface area contributed by atoms with Crippen molar-refractivity contribution in [1.82, 2.24) is 0 Å². The monoisotopic (exact) mass is 166 g/mol. The number of aryl methyl sites for hydroxylation is 2. The van der Waals surface area contributed by atoms with E-state index in [0.717, 1.165) is 11.3 Å². The summed E-state index contributed by atoms with van der Waals surface area (Å²) in [6, 6.07) is 4.32. The van der Waals surface area contributed by atoms with Crippen molar-refractivity contribution in [3.05, 3.63) is 28.8 Å². The van der Waals surface area contributed by atoms with Gasteiger partial charge in [-0.3, -0.25) is 0 Å². The van der Waals surface area contributed by atoms with E-state index in [9.17, 15) is 0 Å². The first kappa shape index (κ1) is 8.66. The second-order valence-corrected chi connectivity index (χ2v) is 3.32. The second-order valence-electron chi connectivity index (χ2n) is 2.87. The van der Waals surface area contributed by atoms with Gasteiger partial charge in [0.25, 0.3) is 0 Å². The standard InChI is InChI=1S/C10H14S/c1-4-9-6-5-7(2)8(3)10(9)11/h5-6,11H,4H2,1-3H3. The molecule has 0 aliphatic carbocycles. The largest absolute Gasteiger partial charge is 0.143 e. The van der Waals surface area contributed by atoms with Crippen LogP contribution in [0.5, 0.6) is 0 Å². The Morgan fingerprint density at radius 1 is 1.27 bits per heavy atom. The minimum Gasteiger partial charge on any atom is -0.143 e. The summed E-state index contributed by atoms with van der Waals surface area (Å²) in [4.78, 5) is 1.16. The lowest BCUT2D eigenvalue weighted by Gasteiger charge is -2.07. The molecule has 1 aromatic rings. The van der Waals surface area contributed by atoms with E-state index in [4.69, 9.17) is 0 Å². The van der Waals surface area contributed by atoms with Crippen molar-refractivity contribution < 1.29 is 0 Å². The van der Waals surface area contributed by atoms with Gasteiger partial charge in [-0.2, -0.15) is 0 Å². The van der Waals surface area contributed by atoms with E-state index in [1.54, 1.807) is 0 Å². The van der Waals surface area contributed by atoms with Gasteiger partial charge in [0, 0.05) is 4.90 Å². The van der Waals surface area contributed by atoms with Crippen LogP contribution in [-0.4, -0.2) is 0 Å². The first-order valence-corrected chi connectivity index (χ1v) is 4.39. The molecule has 0 amide bonds. The average Bonchev–Trinajstić information content (AvgIpc) is 2.01. The molecule has 1 rings (SSSR count). The fraction of sp³-hybridized carbons (Fsp3) is 0.400. The maximum absolute atomic E-state index is 4.46. The Kier molecular flexibility index (Phi) is 2.61. The van der Waals surface area contributed by atoms with Gasteiger partial charge < -0.3 is 0 Å².